The first-order chi connectivity index (χ1) is 9.78. The van der Waals surface area contributed by atoms with Crippen molar-refractivity contribution in [3.05, 3.63) is 16.1 Å². The summed E-state index contributed by atoms with van der Waals surface area (Å²) in [4.78, 5) is 7.06. The molecule has 20 heavy (non-hydrogen) atoms. The Kier molecular flexibility index (Phi) is 4.68. The van der Waals surface area contributed by atoms with E-state index in [4.69, 9.17) is 14.5 Å². The van der Waals surface area contributed by atoms with Crippen LogP contribution in [0.15, 0.2) is 5.38 Å². The molecular formula is C14H23N3O2S. The number of rotatable bonds is 7. The molecule has 2 atom stereocenters. The van der Waals surface area contributed by atoms with Gasteiger partial charge in [0.1, 0.15) is 5.01 Å². The summed E-state index contributed by atoms with van der Waals surface area (Å²) in [6.45, 7) is 3.64. The highest BCUT2D eigenvalue weighted by atomic mass is 32.1. The maximum Gasteiger partial charge on any atom is 0.107 e. The Morgan fingerprint density at radius 1 is 1.30 bits per heavy atom. The SMILES string of the molecule is COC1CN(Cc2csc(CNC3CC3)n2)CC1OC. The number of hydrogen-bond acceptors (Lipinski definition) is 6. The average molecular weight is 297 g/mol. The van der Waals surface area contributed by atoms with E-state index >= 15 is 0 Å². The second-order valence-electron chi connectivity index (χ2n) is 5.63. The lowest BCUT2D eigenvalue weighted by Crippen LogP contribution is -2.27. The summed E-state index contributed by atoms with van der Waals surface area (Å²) in [6, 6.07) is 0.742. The maximum atomic E-state index is 5.47. The van der Waals surface area contributed by atoms with Gasteiger partial charge in [0.05, 0.1) is 17.9 Å². The van der Waals surface area contributed by atoms with Crippen LogP contribution in [0.25, 0.3) is 0 Å². The Bertz CT molecular complexity index is 424. The van der Waals surface area contributed by atoms with Gasteiger partial charge < -0.3 is 14.8 Å². The molecule has 0 radical (unpaired) electrons. The van der Waals surface area contributed by atoms with Crippen molar-refractivity contribution in [2.75, 3.05) is 27.3 Å². The molecule has 0 spiro atoms. The van der Waals surface area contributed by atoms with Crippen LogP contribution in [-0.4, -0.2) is 55.4 Å². The number of aromatic nitrogens is 1. The summed E-state index contributed by atoms with van der Waals surface area (Å²) < 4.78 is 10.9. The van der Waals surface area contributed by atoms with Gasteiger partial charge in [0, 0.05) is 51.8 Å². The summed E-state index contributed by atoms with van der Waals surface area (Å²) >= 11 is 1.75. The predicted octanol–water partition coefficient (Wildman–Crippen LogP) is 1.24. The first-order valence-corrected chi connectivity index (χ1v) is 8.11. The van der Waals surface area contributed by atoms with Crippen molar-refractivity contribution < 1.29 is 9.47 Å². The Balaban J connectivity index is 1.50. The van der Waals surface area contributed by atoms with Gasteiger partial charge in [0.15, 0.2) is 0 Å². The molecule has 3 rings (SSSR count). The Labute approximate surface area is 124 Å². The molecule has 1 aliphatic carbocycles. The lowest BCUT2D eigenvalue weighted by Gasteiger charge is -2.13. The van der Waals surface area contributed by atoms with Crippen molar-refractivity contribution in [1.29, 1.82) is 0 Å². The molecule has 2 fully saturated rings. The molecule has 0 bridgehead atoms. The molecular weight excluding hydrogens is 274 g/mol. The molecule has 0 amide bonds. The van der Waals surface area contributed by atoms with Gasteiger partial charge in [-0.1, -0.05) is 0 Å². The zero-order chi connectivity index (χ0) is 13.9. The number of ether oxygens (including phenoxy) is 2. The molecule has 1 aliphatic heterocycles. The van der Waals surface area contributed by atoms with Crippen molar-refractivity contribution in [3.8, 4) is 0 Å². The van der Waals surface area contributed by atoms with Crippen LogP contribution in [0.5, 0.6) is 0 Å². The number of nitrogens with zero attached hydrogens (tertiary/aromatic N) is 2. The van der Waals surface area contributed by atoms with E-state index in [0.717, 1.165) is 37.9 Å². The maximum absolute atomic E-state index is 5.47. The first-order valence-electron chi connectivity index (χ1n) is 7.23. The molecule has 2 aliphatic rings. The smallest absolute Gasteiger partial charge is 0.107 e. The zero-order valence-electron chi connectivity index (χ0n) is 12.2. The van der Waals surface area contributed by atoms with Crippen LogP contribution >= 0.6 is 11.3 Å². The van der Waals surface area contributed by atoms with E-state index < -0.39 is 0 Å². The standard InChI is InChI=1S/C14H23N3O2S/c1-18-12-7-17(8-13(12)19-2)6-11-9-20-14(16-11)5-15-10-3-4-10/h9-10,12-13,15H,3-8H2,1-2H3. The summed E-state index contributed by atoms with van der Waals surface area (Å²) in [7, 11) is 3.51. The number of hydrogen-bond donors (Lipinski definition) is 1. The monoisotopic (exact) mass is 297 g/mol. The van der Waals surface area contributed by atoms with Crippen molar-refractivity contribution in [2.45, 2.75) is 44.2 Å². The molecule has 1 N–H and O–H groups in total. The lowest BCUT2D eigenvalue weighted by atomic mass is 10.3. The molecule has 1 saturated heterocycles. The minimum atomic E-state index is 0.176. The quantitative estimate of drug-likeness (QED) is 0.820. The minimum absolute atomic E-state index is 0.176. The van der Waals surface area contributed by atoms with E-state index in [1.807, 2.05) is 0 Å². The van der Waals surface area contributed by atoms with Gasteiger partial charge in [-0.3, -0.25) is 4.90 Å². The molecule has 6 heteroatoms. The van der Waals surface area contributed by atoms with Crippen LogP contribution in [0.2, 0.25) is 0 Å². The molecule has 0 aromatic carbocycles. The summed E-state index contributed by atoms with van der Waals surface area (Å²) in [5.41, 5.74) is 1.16. The van der Waals surface area contributed by atoms with E-state index in [1.165, 1.54) is 17.8 Å². The predicted molar refractivity (Wildman–Crippen MR) is 78.8 cm³/mol. The van der Waals surface area contributed by atoms with Crippen LogP contribution in [0.4, 0.5) is 0 Å². The van der Waals surface area contributed by atoms with Crippen molar-refractivity contribution in [1.82, 2.24) is 15.2 Å². The van der Waals surface area contributed by atoms with E-state index in [9.17, 15) is 0 Å². The van der Waals surface area contributed by atoms with E-state index in [0.29, 0.717) is 0 Å². The third-order valence-corrected chi connectivity index (χ3v) is 4.90. The molecule has 2 unspecified atom stereocenters. The molecule has 1 aromatic rings. The molecule has 1 aromatic heterocycles. The third kappa shape index (κ3) is 3.56. The largest absolute Gasteiger partial charge is 0.377 e. The highest BCUT2D eigenvalue weighted by Gasteiger charge is 2.33. The summed E-state index contributed by atoms with van der Waals surface area (Å²) in [5, 5.41) is 6.87. The number of likely N-dealkylation sites (tertiary alicyclic amines) is 1. The number of methoxy groups -OCH3 is 2. The lowest BCUT2D eigenvalue weighted by molar-refractivity contribution is -0.00461. The normalized spacial score (nSPS) is 27.3. The molecule has 2 heterocycles. The van der Waals surface area contributed by atoms with E-state index in [2.05, 4.69) is 15.6 Å². The van der Waals surface area contributed by atoms with Crippen LogP contribution in [-0.2, 0) is 22.6 Å². The average Bonchev–Trinajstić information content (AvgIpc) is 3.05. The second-order valence-corrected chi connectivity index (χ2v) is 6.57. The Morgan fingerprint density at radius 3 is 2.60 bits per heavy atom. The van der Waals surface area contributed by atoms with Gasteiger partial charge in [-0.2, -0.15) is 0 Å². The first kappa shape index (κ1) is 14.4. The molecule has 5 nitrogen and oxygen atoms in total. The van der Waals surface area contributed by atoms with Crippen molar-refractivity contribution >= 4 is 11.3 Å². The van der Waals surface area contributed by atoms with Crippen molar-refractivity contribution in [3.63, 3.8) is 0 Å². The highest BCUT2D eigenvalue weighted by Crippen LogP contribution is 2.21. The van der Waals surface area contributed by atoms with Gasteiger partial charge >= 0.3 is 0 Å². The topological polar surface area (TPSA) is 46.6 Å². The van der Waals surface area contributed by atoms with E-state index in [1.54, 1.807) is 25.6 Å². The molecule has 112 valence electrons. The zero-order valence-corrected chi connectivity index (χ0v) is 13.0. The fourth-order valence-electron chi connectivity index (χ4n) is 2.65. The van der Waals surface area contributed by atoms with Gasteiger partial charge in [0.2, 0.25) is 0 Å². The fraction of sp³-hybridized carbons (Fsp3) is 0.786. The van der Waals surface area contributed by atoms with Crippen LogP contribution in [0, 0.1) is 0 Å². The highest BCUT2D eigenvalue weighted by molar-refractivity contribution is 7.09. The van der Waals surface area contributed by atoms with Crippen molar-refractivity contribution in [2.24, 2.45) is 0 Å². The Morgan fingerprint density at radius 2 is 2.00 bits per heavy atom. The van der Waals surface area contributed by atoms with E-state index in [-0.39, 0.29) is 12.2 Å². The third-order valence-electron chi connectivity index (χ3n) is 4.00. The van der Waals surface area contributed by atoms with Gasteiger partial charge in [-0.15, -0.1) is 11.3 Å². The van der Waals surface area contributed by atoms with Gasteiger partial charge in [-0.25, -0.2) is 4.98 Å². The van der Waals surface area contributed by atoms with Crippen LogP contribution in [0.3, 0.4) is 0 Å². The Hall–Kier alpha value is -0.530. The van der Waals surface area contributed by atoms with Crippen LogP contribution in [0.1, 0.15) is 23.5 Å². The summed E-state index contributed by atoms with van der Waals surface area (Å²) in [6.07, 6.45) is 3.00. The fourth-order valence-corrected chi connectivity index (χ4v) is 3.39. The van der Waals surface area contributed by atoms with Crippen LogP contribution < -0.4 is 5.32 Å². The second kappa shape index (κ2) is 6.49. The molecule has 1 saturated carbocycles. The number of nitrogens with one attached hydrogen (secondary N) is 1. The van der Waals surface area contributed by atoms with Gasteiger partial charge in [0.25, 0.3) is 0 Å². The number of thiazole rings is 1. The van der Waals surface area contributed by atoms with Gasteiger partial charge in [-0.05, 0) is 12.8 Å². The summed E-state index contributed by atoms with van der Waals surface area (Å²) in [5.74, 6) is 0. The minimum Gasteiger partial charge on any atom is -0.377 e.